The van der Waals surface area contributed by atoms with Crippen LogP contribution in [0.4, 0.5) is 4.39 Å². The molecule has 0 aliphatic carbocycles. The largest absolute Gasteiger partial charge is 0.427 e. The second-order valence-electron chi connectivity index (χ2n) is 7.07. The van der Waals surface area contributed by atoms with E-state index in [1.54, 1.807) is 7.05 Å². The molecule has 1 aliphatic heterocycles. The lowest BCUT2D eigenvalue weighted by atomic mass is 9.99. The quantitative estimate of drug-likeness (QED) is 0.529. The van der Waals surface area contributed by atoms with E-state index in [0.29, 0.717) is 43.5 Å². The Balaban J connectivity index is 2.20. The van der Waals surface area contributed by atoms with Gasteiger partial charge in [0, 0.05) is 20.1 Å². The van der Waals surface area contributed by atoms with Crippen LogP contribution in [0.15, 0.2) is 23.3 Å². The fraction of sp³-hybridized carbons (Fsp3) is 0.579. The summed E-state index contributed by atoms with van der Waals surface area (Å²) in [5, 5.41) is 9.68. The number of hydrogen-bond donors (Lipinski definition) is 1. The molecule has 1 aromatic heterocycles. The Bertz CT molecular complexity index is 779. The van der Waals surface area contributed by atoms with Crippen molar-refractivity contribution in [3.05, 3.63) is 29.6 Å². The third-order valence-corrected chi connectivity index (χ3v) is 4.86. The summed E-state index contributed by atoms with van der Waals surface area (Å²) in [5.74, 6) is -1.76. The van der Waals surface area contributed by atoms with Crippen LogP contribution >= 0.6 is 0 Å². The number of amides is 3. The van der Waals surface area contributed by atoms with Crippen LogP contribution in [0.25, 0.3) is 0 Å². The zero-order valence-corrected chi connectivity index (χ0v) is 16.3. The molecule has 1 fully saturated rings. The van der Waals surface area contributed by atoms with Gasteiger partial charge in [0.15, 0.2) is 5.49 Å². The number of likely N-dealkylation sites (tertiary alicyclic amines) is 1. The molecule has 0 aromatic carbocycles. The molecule has 2 atom stereocenters. The fourth-order valence-electron chi connectivity index (χ4n) is 3.39. The maximum Gasteiger partial charge on any atom is 0.270 e. The SMILES string of the molecule is CCCC[C@H](CN(C)C=O)C(=O)N1CCC[C@H]1C(=O)N=c1ccc(F)cn1O. The number of hydrogen-bond acceptors (Lipinski definition) is 4. The molecule has 1 saturated heterocycles. The maximum atomic E-state index is 13.1. The zero-order valence-electron chi connectivity index (χ0n) is 16.3. The third kappa shape index (κ3) is 5.40. The highest BCUT2D eigenvalue weighted by Crippen LogP contribution is 2.23. The average Bonchev–Trinajstić information content (AvgIpc) is 3.16. The highest BCUT2D eigenvalue weighted by atomic mass is 19.1. The van der Waals surface area contributed by atoms with E-state index in [0.717, 1.165) is 25.1 Å². The second-order valence-corrected chi connectivity index (χ2v) is 7.07. The molecule has 0 radical (unpaired) electrons. The number of halogens is 1. The first kappa shape index (κ1) is 21.6. The predicted octanol–water partition coefficient (Wildman–Crippen LogP) is 1.18. The van der Waals surface area contributed by atoms with Crippen LogP contribution in [0.1, 0.15) is 39.0 Å². The molecular formula is C19H27FN4O4. The van der Waals surface area contributed by atoms with E-state index in [1.807, 2.05) is 6.92 Å². The number of unbranched alkanes of at least 4 members (excludes halogenated alkanes) is 1. The topological polar surface area (TPSA) is 95.2 Å². The van der Waals surface area contributed by atoms with Gasteiger partial charge in [-0.2, -0.15) is 9.72 Å². The van der Waals surface area contributed by atoms with Gasteiger partial charge >= 0.3 is 0 Å². The molecule has 154 valence electrons. The lowest BCUT2D eigenvalue weighted by molar-refractivity contribution is -0.141. The molecule has 1 aromatic rings. The minimum absolute atomic E-state index is 0.103. The van der Waals surface area contributed by atoms with Gasteiger partial charge in [-0.25, -0.2) is 4.39 Å². The second kappa shape index (κ2) is 10.0. The molecule has 28 heavy (non-hydrogen) atoms. The molecule has 0 unspecified atom stereocenters. The van der Waals surface area contributed by atoms with E-state index in [4.69, 9.17) is 0 Å². The van der Waals surface area contributed by atoms with Crippen molar-refractivity contribution in [1.82, 2.24) is 14.5 Å². The van der Waals surface area contributed by atoms with Gasteiger partial charge in [-0.1, -0.05) is 19.8 Å². The van der Waals surface area contributed by atoms with Crippen LogP contribution in [-0.2, 0) is 14.4 Å². The van der Waals surface area contributed by atoms with Crippen molar-refractivity contribution >= 4 is 18.2 Å². The number of nitrogens with zero attached hydrogens (tertiary/aromatic N) is 4. The highest BCUT2D eigenvalue weighted by molar-refractivity contribution is 5.89. The maximum absolute atomic E-state index is 13.1. The van der Waals surface area contributed by atoms with Gasteiger partial charge in [-0.15, -0.1) is 0 Å². The number of carbonyl (C=O) groups excluding carboxylic acids is 3. The van der Waals surface area contributed by atoms with Crippen LogP contribution in [-0.4, -0.2) is 64.1 Å². The van der Waals surface area contributed by atoms with Crippen LogP contribution in [0, 0.1) is 11.7 Å². The highest BCUT2D eigenvalue weighted by Gasteiger charge is 2.37. The van der Waals surface area contributed by atoms with Crippen LogP contribution in [0.5, 0.6) is 0 Å². The van der Waals surface area contributed by atoms with E-state index in [-0.39, 0.29) is 17.3 Å². The fourth-order valence-corrected chi connectivity index (χ4v) is 3.39. The van der Waals surface area contributed by atoms with Gasteiger partial charge in [0.05, 0.1) is 12.1 Å². The molecular weight excluding hydrogens is 367 g/mol. The van der Waals surface area contributed by atoms with E-state index in [1.165, 1.54) is 15.9 Å². The predicted molar refractivity (Wildman–Crippen MR) is 98.6 cm³/mol. The van der Waals surface area contributed by atoms with Crippen molar-refractivity contribution in [2.75, 3.05) is 20.1 Å². The number of pyridine rings is 1. The van der Waals surface area contributed by atoms with Crippen molar-refractivity contribution < 1.29 is 24.0 Å². The summed E-state index contributed by atoms with van der Waals surface area (Å²) in [7, 11) is 1.62. The van der Waals surface area contributed by atoms with Gasteiger partial charge in [0.25, 0.3) is 5.91 Å². The molecule has 2 rings (SSSR count). The van der Waals surface area contributed by atoms with E-state index < -0.39 is 17.8 Å². The standard InChI is InChI=1S/C19H27FN4O4/c1-3-4-6-14(11-22(2)13-25)19(27)23-10-5-7-16(23)18(26)21-17-9-8-15(20)12-24(17)28/h8-9,12-14,16,28H,3-7,10-11H2,1-2H3/t14-,16+/m1/s1. The van der Waals surface area contributed by atoms with Crippen molar-refractivity contribution in [3.8, 4) is 0 Å². The van der Waals surface area contributed by atoms with Gasteiger partial charge in [-0.05, 0) is 31.4 Å². The van der Waals surface area contributed by atoms with Crippen molar-refractivity contribution in [2.24, 2.45) is 10.9 Å². The monoisotopic (exact) mass is 394 g/mol. The van der Waals surface area contributed by atoms with Gasteiger partial charge in [-0.3, -0.25) is 14.4 Å². The minimum Gasteiger partial charge on any atom is -0.427 e. The summed E-state index contributed by atoms with van der Waals surface area (Å²) in [5.41, 5.74) is -0.103. The summed E-state index contributed by atoms with van der Waals surface area (Å²) in [4.78, 5) is 43.5. The lowest BCUT2D eigenvalue weighted by Gasteiger charge is -2.28. The van der Waals surface area contributed by atoms with Gasteiger partial charge < -0.3 is 15.0 Å². The van der Waals surface area contributed by atoms with E-state index in [9.17, 15) is 24.0 Å². The molecule has 0 saturated carbocycles. The Labute approximate surface area is 163 Å². The smallest absolute Gasteiger partial charge is 0.270 e. The van der Waals surface area contributed by atoms with Crippen LogP contribution < -0.4 is 5.49 Å². The van der Waals surface area contributed by atoms with Crippen molar-refractivity contribution in [3.63, 3.8) is 0 Å². The summed E-state index contributed by atoms with van der Waals surface area (Å²) < 4.78 is 13.5. The lowest BCUT2D eigenvalue weighted by Crippen LogP contribution is -2.46. The van der Waals surface area contributed by atoms with Gasteiger partial charge in [0.2, 0.25) is 12.3 Å². The van der Waals surface area contributed by atoms with E-state index in [2.05, 4.69) is 4.99 Å². The molecule has 3 amide bonds. The summed E-state index contributed by atoms with van der Waals surface area (Å²) in [6, 6.07) is 1.56. The molecule has 1 aliphatic rings. The number of aromatic nitrogens is 1. The van der Waals surface area contributed by atoms with E-state index >= 15 is 0 Å². The Hall–Kier alpha value is -2.71. The molecule has 9 heteroatoms. The molecule has 8 nitrogen and oxygen atoms in total. The molecule has 2 heterocycles. The van der Waals surface area contributed by atoms with Crippen LogP contribution in [0.3, 0.4) is 0 Å². The normalized spacial score (nSPS) is 18.2. The zero-order chi connectivity index (χ0) is 20.7. The molecule has 0 spiro atoms. The van der Waals surface area contributed by atoms with Crippen molar-refractivity contribution in [1.29, 1.82) is 0 Å². The van der Waals surface area contributed by atoms with Gasteiger partial charge in [0.1, 0.15) is 11.9 Å². The Kier molecular flexibility index (Phi) is 7.71. The summed E-state index contributed by atoms with van der Waals surface area (Å²) >= 11 is 0. The summed E-state index contributed by atoms with van der Waals surface area (Å²) in [6.07, 6.45) is 5.04. The first-order valence-corrected chi connectivity index (χ1v) is 9.49. The number of rotatable bonds is 8. The molecule has 1 N–H and O–H groups in total. The van der Waals surface area contributed by atoms with Crippen LogP contribution in [0.2, 0.25) is 0 Å². The first-order valence-electron chi connectivity index (χ1n) is 9.49. The Morgan fingerprint density at radius 1 is 1.46 bits per heavy atom. The average molecular weight is 394 g/mol. The summed E-state index contributed by atoms with van der Waals surface area (Å²) in [6.45, 7) is 2.77. The molecule has 0 bridgehead atoms. The Morgan fingerprint density at radius 2 is 2.21 bits per heavy atom. The third-order valence-electron chi connectivity index (χ3n) is 4.86. The number of carbonyl (C=O) groups is 3. The minimum atomic E-state index is -0.719. The Morgan fingerprint density at radius 3 is 2.86 bits per heavy atom. The first-order chi connectivity index (χ1) is 13.4. The van der Waals surface area contributed by atoms with Crippen molar-refractivity contribution in [2.45, 2.75) is 45.1 Å².